The molecule has 3 atom stereocenters. The number of rotatable bonds is 33. The van der Waals surface area contributed by atoms with E-state index in [1.807, 2.05) is 27.2 Å². The zero-order valence-electron chi connectivity index (χ0n) is 31.0. The van der Waals surface area contributed by atoms with Gasteiger partial charge in [0.1, 0.15) is 13.2 Å². The fraction of sp³-hybridized carbons (Fsp3) is 0.816. The second-order valence-corrected chi connectivity index (χ2v) is 15.3. The number of carbonyl (C=O) groups excluding carboxylic acids is 1. The van der Waals surface area contributed by atoms with Gasteiger partial charge >= 0.3 is 0 Å². The standard InChI is InChI=1S/C38H73N2O6P/c1-6-8-10-12-14-16-18-19-20-21-22-24-26-28-30-32-38(42)39-36(35-46-47(43,44)45-34-33-40(3,4)5)37(41)31-29-27-25-23-17-15-13-11-9-7-2/h17,19-20,23,29,31,36-37,41H,6-16,18,21-22,24-28,30,32-35H2,1-5H3,(H-,39,42,43,44)/b20-19-,23-17+,31-29+. The summed E-state index contributed by atoms with van der Waals surface area (Å²) in [5.74, 6) is -0.221. The molecular formula is C38H73N2O6P. The van der Waals surface area contributed by atoms with Crippen molar-refractivity contribution >= 4 is 13.7 Å². The lowest BCUT2D eigenvalue weighted by Crippen LogP contribution is -2.45. The molecule has 0 aromatic heterocycles. The van der Waals surface area contributed by atoms with E-state index in [0.29, 0.717) is 17.4 Å². The predicted molar refractivity (Wildman–Crippen MR) is 196 cm³/mol. The van der Waals surface area contributed by atoms with Gasteiger partial charge in [0.25, 0.3) is 7.82 Å². The molecule has 0 aliphatic heterocycles. The highest BCUT2D eigenvalue weighted by Crippen LogP contribution is 2.38. The molecule has 2 N–H and O–H groups in total. The van der Waals surface area contributed by atoms with Gasteiger partial charge in [-0.3, -0.25) is 9.36 Å². The maximum Gasteiger partial charge on any atom is 0.268 e. The first-order valence-electron chi connectivity index (χ1n) is 18.9. The van der Waals surface area contributed by atoms with Crippen LogP contribution in [0.1, 0.15) is 149 Å². The Morgan fingerprint density at radius 1 is 0.723 bits per heavy atom. The van der Waals surface area contributed by atoms with E-state index in [1.165, 1.54) is 70.6 Å². The lowest BCUT2D eigenvalue weighted by molar-refractivity contribution is -0.870. The Kier molecular flexibility index (Phi) is 29.9. The van der Waals surface area contributed by atoms with Crippen molar-refractivity contribution in [2.24, 2.45) is 0 Å². The molecule has 8 nitrogen and oxygen atoms in total. The molecule has 0 radical (unpaired) electrons. The molecule has 47 heavy (non-hydrogen) atoms. The number of aliphatic hydroxyl groups is 1. The van der Waals surface area contributed by atoms with Crippen molar-refractivity contribution in [3.05, 3.63) is 36.5 Å². The van der Waals surface area contributed by atoms with Crippen LogP contribution in [-0.4, -0.2) is 68.5 Å². The van der Waals surface area contributed by atoms with Crippen molar-refractivity contribution in [1.82, 2.24) is 5.32 Å². The number of phosphoric ester groups is 1. The van der Waals surface area contributed by atoms with Crippen molar-refractivity contribution in [2.75, 3.05) is 40.9 Å². The van der Waals surface area contributed by atoms with Gasteiger partial charge in [-0.25, -0.2) is 0 Å². The van der Waals surface area contributed by atoms with Gasteiger partial charge in [-0.05, 0) is 57.8 Å². The van der Waals surface area contributed by atoms with Crippen LogP contribution in [0.25, 0.3) is 0 Å². The van der Waals surface area contributed by atoms with Gasteiger partial charge in [0, 0.05) is 6.42 Å². The number of quaternary nitrogens is 1. The molecule has 0 aromatic rings. The molecule has 0 saturated carbocycles. The number of carbonyl (C=O) groups is 1. The Morgan fingerprint density at radius 2 is 1.19 bits per heavy atom. The summed E-state index contributed by atoms with van der Waals surface area (Å²) in [4.78, 5) is 25.1. The molecule has 0 aromatic carbocycles. The number of hydrogen-bond acceptors (Lipinski definition) is 6. The van der Waals surface area contributed by atoms with E-state index in [2.05, 4.69) is 43.5 Å². The van der Waals surface area contributed by atoms with Crippen molar-refractivity contribution in [1.29, 1.82) is 0 Å². The zero-order valence-corrected chi connectivity index (χ0v) is 31.9. The van der Waals surface area contributed by atoms with Crippen LogP contribution in [0.5, 0.6) is 0 Å². The number of nitrogens with one attached hydrogen (secondary N) is 1. The summed E-state index contributed by atoms with van der Waals surface area (Å²) in [6.07, 6.45) is 34.8. The molecule has 9 heteroatoms. The molecule has 0 spiro atoms. The third-order valence-corrected chi connectivity index (χ3v) is 9.04. The van der Waals surface area contributed by atoms with Crippen LogP contribution in [0.3, 0.4) is 0 Å². The average Bonchev–Trinajstić information content (AvgIpc) is 3.01. The number of hydrogen-bond donors (Lipinski definition) is 2. The van der Waals surface area contributed by atoms with E-state index in [-0.39, 0.29) is 12.5 Å². The number of unbranched alkanes of at least 4 members (excludes halogenated alkanes) is 16. The molecule has 276 valence electrons. The van der Waals surface area contributed by atoms with Crippen LogP contribution in [0.15, 0.2) is 36.5 Å². The van der Waals surface area contributed by atoms with E-state index >= 15 is 0 Å². The van der Waals surface area contributed by atoms with Crippen LogP contribution in [-0.2, 0) is 18.4 Å². The lowest BCUT2D eigenvalue weighted by atomic mass is 10.1. The fourth-order valence-corrected chi connectivity index (χ4v) is 5.71. The average molecular weight is 685 g/mol. The molecular weight excluding hydrogens is 611 g/mol. The molecule has 0 rings (SSSR count). The summed E-state index contributed by atoms with van der Waals surface area (Å²) in [5.41, 5.74) is 0. The molecule has 0 bridgehead atoms. The number of aliphatic hydroxyl groups excluding tert-OH is 1. The first kappa shape index (κ1) is 45.7. The Bertz CT molecular complexity index is 871. The van der Waals surface area contributed by atoms with E-state index in [0.717, 1.165) is 57.8 Å². The normalized spacial score (nSPS) is 15.1. The first-order chi connectivity index (χ1) is 22.5. The summed E-state index contributed by atoms with van der Waals surface area (Å²) < 4.78 is 23.0. The summed E-state index contributed by atoms with van der Waals surface area (Å²) in [5, 5.41) is 13.6. The van der Waals surface area contributed by atoms with Crippen LogP contribution in [0, 0.1) is 0 Å². The molecule has 1 amide bonds. The highest BCUT2D eigenvalue weighted by Gasteiger charge is 2.23. The van der Waals surface area contributed by atoms with Crippen molar-refractivity contribution < 1.29 is 32.9 Å². The molecule has 0 fully saturated rings. The maximum atomic E-state index is 12.7. The lowest BCUT2D eigenvalue weighted by Gasteiger charge is -2.29. The Hall–Kier alpha value is -1.28. The third-order valence-electron chi connectivity index (χ3n) is 8.07. The first-order valence-corrected chi connectivity index (χ1v) is 20.3. The topological polar surface area (TPSA) is 108 Å². The quantitative estimate of drug-likeness (QED) is 0.0309. The molecule has 0 heterocycles. The summed E-state index contributed by atoms with van der Waals surface area (Å²) in [7, 11) is 1.23. The van der Waals surface area contributed by atoms with Crippen molar-refractivity contribution in [2.45, 2.75) is 161 Å². The highest BCUT2D eigenvalue weighted by molar-refractivity contribution is 7.45. The van der Waals surface area contributed by atoms with Gasteiger partial charge in [0.2, 0.25) is 5.91 Å². The van der Waals surface area contributed by atoms with Crippen LogP contribution >= 0.6 is 7.82 Å². The van der Waals surface area contributed by atoms with Crippen LogP contribution < -0.4 is 10.2 Å². The SMILES string of the molecule is CCCCCC/C=C/CC/C=C/C(O)C(COP(=O)([O-])OCC[N+](C)(C)C)NC(=O)CCCCCCC/C=C\CCCCCCCC. The number of likely N-dealkylation sites (N-methyl/N-ethyl adjacent to an activating group) is 1. The monoisotopic (exact) mass is 685 g/mol. The maximum absolute atomic E-state index is 12.7. The van der Waals surface area contributed by atoms with Gasteiger partial charge < -0.3 is 28.8 Å². The minimum absolute atomic E-state index is 0.00857. The molecule has 0 saturated heterocycles. The highest BCUT2D eigenvalue weighted by atomic mass is 31.2. The molecule has 0 aliphatic rings. The van der Waals surface area contributed by atoms with E-state index in [4.69, 9.17) is 9.05 Å². The molecule has 0 aliphatic carbocycles. The van der Waals surface area contributed by atoms with Gasteiger partial charge in [-0.1, -0.05) is 121 Å². The summed E-state index contributed by atoms with van der Waals surface area (Å²) in [6.45, 7) is 4.54. The van der Waals surface area contributed by atoms with Crippen LogP contribution in [0.4, 0.5) is 0 Å². The van der Waals surface area contributed by atoms with Crippen LogP contribution in [0.2, 0.25) is 0 Å². The summed E-state index contributed by atoms with van der Waals surface area (Å²) in [6, 6.07) is -0.903. The van der Waals surface area contributed by atoms with Gasteiger partial charge in [-0.15, -0.1) is 0 Å². The second kappa shape index (κ2) is 30.8. The minimum atomic E-state index is -4.58. The number of allylic oxidation sites excluding steroid dienone is 5. The third kappa shape index (κ3) is 33.0. The Morgan fingerprint density at radius 3 is 1.74 bits per heavy atom. The van der Waals surface area contributed by atoms with E-state index < -0.39 is 26.6 Å². The number of phosphoric acid groups is 1. The van der Waals surface area contributed by atoms with Gasteiger partial charge in [0.15, 0.2) is 0 Å². The van der Waals surface area contributed by atoms with Gasteiger partial charge in [0.05, 0.1) is 39.9 Å². The van der Waals surface area contributed by atoms with Gasteiger partial charge in [-0.2, -0.15) is 0 Å². The predicted octanol–water partition coefficient (Wildman–Crippen LogP) is 8.94. The minimum Gasteiger partial charge on any atom is -0.756 e. The van der Waals surface area contributed by atoms with Crippen molar-refractivity contribution in [3.8, 4) is 0 Å². The zero-order chi connectivity index (χ0) is 35.1. The largest absolute Gasteiger partial charge is 0.756 e. The summed E-state index contributed by atoms with van der Waals surface area (Å²) >= 11 is 0. The Balaban J connectivity index is 4.56. The smallest absolute Gasteiger partial charge is 0.268 e. The molecule has 3 unspecified atom stereocenters. The van der Waals surface area contributed by atoms with E-state index in [1.54, 1.807) is 6.08 Å². The fourth-order valence-electron chi connectivity index (χ4n) is 4.98. The Labute approximate surface area is 289 Å². The second-order valence-electron chi connectivity index (χ2n) is 13.9. The number of nitrogens with zero attached hydrogens (tertiary/aromatic N) is 1. The van der Waals surface area contributed by atoms with E-state index in [9.17, 15) is 19.4 Å². The van der Waals surface area contributed by atoms with Crippen molar-refractivity contribution in [3.63, 3.8) is 0 Å². The number of amides is 1.